The lowest BCUT2D eigenvalue weighted by Crippen LogP contribution is -2.49. The van der Waals surface area contributed by atoms with Crippen LogP contribution in [0.15, 0.2) is 184 Å². The maximum Gasteiger partial charge on any atom is 0.487 e. The number of nitrogens with one attached hydrogen (secondary N) is 1. The molecule has 0 amide bonds. The van der Waals surface area contributed by atoms with E-state index in [-0.39, 0.29) is 53.0 Å². The number of Topliss-reactive ketones (excluding diaryl/α,β-unsaturated/α-hetero) is 4. The summed E-state index contributed by atoms with van der Waals surface area (Å²) in [5, 5.41) is 54.3. The van der Waals surface area contributed by atoms with Crippen molar-refractivity contribution in [3.63, 3.8) is 0 Å². The average molecular weight is 2200 g/mol. The van der Waals surface area contributed by atoms with E-state index >= 15 is 0 Å². The minimum atomic E-state index is -1.49. The molecule has 7 atom stereocenters. The Morgan fingerprint density at radius 1 is 0.613 bits per heavy atom. The SMILES string of the molecule is C=C=N[Si](C)(C)C.CC(=O)c1cc(Br)ccc1O.CN1OC2(CC3(CCOC3)Oc3ccc(Br)cc32)N=C1N.CNO.CPC.Cl.N#CN=C1CC2(CCOC2)Oc2ccc(Br)cc21.O=C1CC2(CCOC2)Oc2ccc(Br)cc21.O=C1CCOC1.O=C1CCOC1.OC1CCOC1.[C-]#[N+]c1cccc(-c2ccc3c(c2)C2(CC4(CCOC4)O3)N=C(N)N(C)O2)c1.[C-]#[N+]c1cccc(B(O)O)c1. The summed E-state index contributed by atoms with van der Waals surface area (Å²) in [6, 6.07) is 41.7. The highest BCUT2D eigenvalue weighted by Crippen LogP contribution is 2.54. The second-order valence-corrected chi connectivity index (χ2v) is 43.0. The van der Waals surface area contributed by atoms with Gasteiger partial charge in [-0.05, 0) is 166 Å². The minimum Gasteiger partial charge on any atom is -0.507 e. The van der Waals surface area contributed by atoms with E-state index in [1.54, 1.807) is 56.0 Å². The second kappa shape index (κ2) is 53.4. The van der Waals surface area contributed by atoms with E-state index in [2.05, 4.69) is 133 Å². The Kier molecular flexibility index (Phi) is 44.0. The number of hydrogen-bond acceptors (Lipinski definition) is 32. The molecule has 7 unspecified atom stereocenters. The number of fused-ring (bicyclic) bond motifs is 6. The van der Waals surface area contributed by atoms with Crippen LogP contribution >= 0.6 is 84.7 Å². The van der Waals surface area contributed by atoms with Crippen LogP contribution in [0.5, 0.6) is 28.7 Å². The molecule has 137 heavy (non-hydrogen) atoms. The summed E-state index contributed by atoms with van der Waals surface area (Å²) in [7, 11) is 3.33. The number of halogens is 5. The van der Waals surface area contributed by atoms with Gasteiger partial charge in [-0.1, -0.05) is 112 Å². The van der Waals surface area contributed by atoms with Crippen LogP contribution in [0.1, 0.15) is 115 Å². The Hall–Kier alpha value is -9.29. The second-order valence-electron chi connectivity index (χ2n) is 33.8. The molecule has 7 fully saturated rings. The van der Waals surface area contributed by atoms with Crippen molar-refractivity contribution >= 4 is 164 Å². The van der Waals surface area contributed by atoms with Crippen molar-refractivity contribution in [3.8, 4) is 46.1 Å². The molecule has 13 aliphatic heterocycles. The van der Waals surface area contributed by atoms with Gasteiger partial charge in [-0.3, -0.25) is 23.8 Å². The summed E-state index contributed by atoms with van der Waals surface area (Å²) in [5.41, 5.74) is 18.1. The van der Waals surface area contributed by atoms with Gasteiger partial charge in [-0.2, -0.15) is 10.3 Å². The molecule has 6 spiro atoms. The number of aliphatic hydroxyl groups is 1. The van der Waals surface area contributed by atoms with E-state index in [0.717, 1.165) is 116 Å². The quantitative estimate of drug-likeness (QED) is 0.0154. The largest absolute Gasteiger partial charge is 0.507 e. The molecule has 0 saturated carbocycles. The number of nitrogens with zero attached hydrogens (tertiary/aromatic N) is 9. The molecule has 0 radical (unpaired) electrons. The molecule has 13 aliphatic rings. The first-order valence-corrected chi connectivity index (χ1v) is 52.0. The van der Waals surface area contributed by atoms with Crippen molar-refractivity contribution in [2.75, 3.05) is 127 Å². The summed E-state index contributed by atoms with van der Waals surface area (Å²) in [4.78, 5) is 75.2. The molecule has 0 aliphatic carbocycles. The van der Waals surface area contributed by atoms with Gasteiger partial charge in [0.15, 0.2) is 42.7 Å². The van der Waals surface area contributed by atoms with Gasteiger partial charge in [0.1, 0.15) is 64.4 Å². The zero-order valence-corrected chi connectivity index (χ0v) is 86.8. The summed E-state index contributed by atoms with van der Waals surface area (Å²) in [5.74, 6) is 6.73. The third kappa shape index (κ3) is 32.6. The van der Waals surface area contributed by atoms with Gasteiger partial charge in [0.25, 0.3) is 0 Å². The van der Waals surface area contributed by atoms with Gasteiger partial charge in [-0.25, -0.2) is 45.0 Å². The number of aliphatic hydroxyl groups excluding tert-OH is 1. The van der Waals surface area contributed by atoms with Crippen molar-refractivity contribution < 1.29 is 106 Å². The average Bonchev–Trinajstić information content (AvgIpc) is 1.60. The number of benzene rings is 7. The number of nitrogens with two attached hydrogens (primary N) is 2. The lowest BCUT2D eigenvalue weighted by Gasteiger charge is -2.42. The third-order valence-electron chi connectivity index (χ3n) is 21.8. The first-order valence-electron chi connectivity index (χ1n) is 43.4. The van der Waals surface area contributed by atoms with E-state index in [0.29, 0.717) is 170 Å². The first-order chi connectivity index (χ1) is 64.9. The number of nitriles is 1. The molecular weight excluding hydrogens is 2090 g/mol. The van der Waals surface area contributed by atoms with Crippen LogP contribution < -0.4 is 41.4 Å². The zero-order chi connectivity index (χ0) is 99.0. The number of ether oxygens (including phenoxy) is 11. The number of aromatic hydroxyl groups is 1. The molecular formula is C95H115BBr4ClN12O22PSi. The van der Waals surface area contributed by atoms with Crippen LogP contribution in [-0.4, -0.2) is 253 Å². The number of hydroxylamine groups is 5. The molecule has 13 heterocycles. The normalized spacial score (nSPS) is 23.6. The number of guanidine groups is 2. The fraction of sp³-hybridized carbons (Fsp3) is 0.432. The number of carbonyl (C=O) groups excluding carboxylic acids is 4. The minimum absolute atomic E-state index is 0. The standard InChI is InChI=1S/C21H20N4O3.C14H16BrN3O3.C13H11BrN2O2.C12H11BrO3.C8H7BrO2.C7H6BNO2.C5H11NSi.C4H8O2.2C4H6O2.C2H7P.CH5NO.ClH/c1-23-16-5-3-4-14(10-16)15-6-7-18-17(11-15)21(24-19(22)25(2)28-21)12-20(27-18)8-9-26-13-20;1-18-12(16)17-14(21-18)7-13(4-5-19-8-13)20-11-3-2-9(15)6-10(11)14;14-9-1-2-12-10(5-9)11(16-8-15)6-13(18-12)3-4-17-7-13;13-8-1-2-11-9(5-8)10(14)6-12(16-11)3-4-15-7-12;1-5(10)7-4-6(9)2-3-8(7)11;1-9-7-4-2-3-6(5-7)8(10)11;1-5-6-7(2,3)4;3*5-4-1-2-6-3-4;1-3-2;1-2-3;/h3-7,10-11H,8-9,12-13H2,2H3,(H2,22,24);2-3,6H,4-5,7-8H2,1H3,(H2,16,17);1-2,5H,3-4,6-7H2;1-2,5H,3-4,6-7H2;2-4,11H,1H3;2-5,10-11H;1H2,2-4H3;4-5H,1-3H2;2*1-3H2;3H,1-2H3;2-3H,1H3;1H. The van der Waals surface area contributed by atoms with Crippen LogP contribution in [-0.2, 0) is 63.9 Å². The zero-order valence-electron chi connectivity index (χ0n) is 77.6. The highest BCUT2D eigenvalue weighted by atomic mass is 79.9. The lowest BCUT2D eigenvalue weighted by atomic mass is 9.80. The smallest absolute Gasteiger partial charge is 0.487 e. The fourth-order valence-corrected chi connectivity index (χ4v) is 17.3. The van der Waals surface area contributed by atoms with Gasteiger partial charge in [-0.15, -0.1) is 21.0 Å². The lowest BCUT2D eigenvalue weighted by molar-refractivity contribution is -0.204. The van der Waals surface area contributed by atoms with Gasteiger partial charge in [0.05, 0.1) is 126 Å². The summed E-state index contributed by atoms with van der Waals surface area (Å²) >= 11 is 13.5. The van der Waals surface area contributed by atoms with E-state index in [9.17, 15) is 19.2 Å². The first kappa shape index (κ1) is 113. The maximum absolute atomic E-state index is 12.0. The van der Waals surface area contributed by atoms with Crippen LogP contribution in [0, 0.1) is 24.6 Å². The molecule has 0 aromatic heterocycles. The number of hydrogen-bond donors (Lipinski definition) is 8. The molecule has 7 aromatic rings. The fourth-order valence-electron chi connectivity index (χ4n) is 15.4. The topological polar surface area (TPSA) is 442 Å². The number of carbonyl (C=O) groups is 4. The molecule has 20 rings (SSSR count). The number of aliphatic imine (C=N–C) groups is 3. The highest BCUT2D eigenvalue weighted by molar-refractivity contribution is 9.11. The number of phenolic OH excluding ortho intramolecular Hbond substituents is 1. The molecule has 42 heteroatoms. The highest BCUT2D eigenvalue weighted by Gasteiger charge is 2.58. The third-order valence-corrected chi connectivity index (χ3v) is 24.6. The Bertz CT molecular complexity index is 5540. The van der Waals surface area contributed by atoms with Crippen molar-refractivity contribution in [2.45, 2.75) is 137 Å². The summed E-state index contributed by atoms with van der Waals surface area (Å²) in [6.07, 6.45) is 9.20. The van der Waals surface area contributed by atoms with Crippen LogP contribution in [0.2, 0.25) is 19.6 Å². The maximum atomic E-state index is 12.0. The van der Waals surface area contributed by atoms with E-state index in [1.165, 1.54) is 36.2 Å². The van der Waals surface area contributed by atoms with Gasteiger partial charge < -0.3 is 89.0 Å². The van der Waals surface area contributed by atoms with Crippen molar-refractivity contribution in [1.82, 2.24) is 15.6 Å². The Labute approximate surface area is 840 Å². The number of phenols is 1. The Balaban J connectivity index is 0.000000193. The molecule has 10 N–H and O–H groups in total. The molecule has 34 nitrogen and oxygen atoms in total. The predicted octanol–water partition coefficient (Wildman–Crippen LogP) is 14.8. The summed E-state index contributed by atoms with van der Waals surface area (Å²) in [6.45, 7) is 37.6. The predicted molar refractivity (Wildman–Crippen MR) is 540 cm³/mol. The Morgan fingerprint density at radius 2 is 1.05 bits per heavy atom. The van der Waals surface area contributed by atoms with E-state index in [1.807, 2.05) is 97.2 Å². The number of ketones is 4. The monoisotopic (exact) mass is 2200 g/mol. The van der Waals surface area contributed by atoms with Gasteiger partial charge in [0, 0.05) is 109 Å². The van der Waals surface area contributed by atoms with Gasteiger partial charge in [0.2, 0.25) is 29.6 Å². The molecule has 7 aromatic carbocycles. The van der Waals surface area contributed by atoms with E-state index in [4.69, 9.17) is 122 Å². The van der Waals surface area contributed by atoms with Crippen molar-refractivity contribution in [2.24, 2.45) is 31.1 Å². The Morgan fingerprint density at radius 3 is 1.45 bits per heavy atom. The number of rotatable bonds is 4. The molecule has 7 saturated heterocycles. The van der Waals surface area contributed by atoms with Crippen LogP contribution in [0.25, 0.3) is 20.8 Å². The van der Waals surface area contributed by atoms with Crippen LogP contribution in [0.4, 0.5) is 11.4 Å². The van der Waals surface area contributed by atoms with Crippen molar-refractivity contribution in [3.05, 3.63) is 215 Å². The molecule has 0 bridgehead atoms. The van der Waals surface area contributed by atoms with Gasteiger partial charge >= 0.3 is 7.12 Å². The summed E-state index contributed by atoms with van der Waals surface area (Å²) < 4.78 is 68.4. The van der Waals surface area contributed by atoms with E-state index < -0.39 is 43.6 Å². The molecule has 734 valence electrons. The van der Waals surface area contributed by atoms with Crippen LogP contribution in [0.3, 0.4) is 0 Å². The van der Waals surface area contributed by atoms with Crippen molar-refractivity contribution in [1.29, 1.82) is 5.26 Å².